The van der Waals surface area contributed by atoms with Crippen LogP contribution in [0.15, 0.2) is 48.5 Å². The van der Waals surface area contributed by atoms with Gasteiger partial charge in [0.05, 0.1) is 11.6 Å². The highest BCUT2D eigenvalue weighted by Crippen LogP contribution is 2.28. The van der Waals surface area contributed by atoms with Gasteiger partial charge in [0.25, 0.3) is 0 Å². The number of amides is 2. The van der Waals surface area contributed by atoms with Gasteiger partial charge < -0.3 is 15.3 Å². The fraction of sp³-hybridized carbons (Fsp3) is 0.250. The van der Waals surface area contributed by atoms with Gasteiger partial charge >= 0.3 is 5.97 Å². The molecular formula is C20H18F2N2O4. The Bertz CT molecular complexity index is 904. The predicted octanol–water partition coefficient (Wildman–Crippen LogP) is 2.13. The molecule has 6 nitrogen and oxygen atoms in total. The van der Waals surface area contributed by atoms with E-state index in [9.17, 15) is 28.3 Å². The average Bonchev–Trinajstić information content (AvgIpc) is 3.03. The van der Waals surface area contributed by atoms with Gasteiger partial charge in [-0.05, 0) is 17.7 Å². The average molecular weight is 388 g/mol. The van der Waals surface area contributed by atoms with Gasteiger partial charge in [-0.2, -0.15) is 0 Å². The van der Waals surface area contributed by atoms with E-state index in [1.165, 1.54) is 0 Å². The molecule has 2 amide bonds. The van der Waals surface area contributed by atoms with E-state index in [-0.39, 0.29) is 25.1 Å². The van der Waals surface area contributed by atoms with Crippen LogP contribution in [0, 0.1) is 17.6 Å². The minimum Gasteiger partial charge on any atom is -0.480 e. The largest absolute Gasteiger partial charge is 0.480 e. The van der Waals surface area contributed by atoms with Crippen LogP contribution in [0.2, 0.25) is 0 Å². The van der Waals surface area contributed by atoms with Crippen molar-refractivity contribution in [3.63, 3.8) is 0 Å². The first-order chi connectivity index (χ1) is 13.3. The fourth-order valence-electron chi connectivity index (χ4n) is 3.16. The molecule has 2 N–H and O–H groups in total. The number of hydrogen-bond donors (Lipinski definition) is 2. The number of carbonyl (C=O) groups excluding carboxylic acids is 2. The Morgan fingerprint density at radius 3 is 2.54 bits per heavy atom. The van der Waals surface area contributed by atoms with Crippen molar-refractivity contribution >= 4 is 23.5 Å². The number of hydrogen-bond acceptors (Lipinski definition) is 3. The highest BCUT2D eigenvalue weighted by Gasteiger charge is 2.37. The van der Waals surface area contributed by atoms with Crippen LogP contribution in [0.25, 0.3) is 0 Å². The Balaban J connectivity index is 1.68. The maximum atomic E-state index is 13.9. The summed E-state index contributed by atoms with van der Waals surface area (Å²) in [4.78, 5) is 37.3. The lowest BCUT2D eigenvalue weighted by atomic mass is 10.0. The maximum absolute atomic E-state index is 13.9. The number of nitrogens with one attached hydrogen (secondary N) is 1. The van der Waals surface area contributed by atoms with Crippen molar-refractivity contribution in [3.05, 3.63) is 65.7 Å². The Morgan fingerprint density at radius 2 is 1.89 bits per heavy atom. The van der Waals surface area contributed by atoms with Gasteiger partial charge in [0.1, 0.15) is 17.7 Å². The Kier molecular flexibility index (Phi) is 5.67. The molecule has 1 aliphatic heterocycles. The highest BCUT2D eigenvalue weighted by atomic mass is 19.1. The van der Waals surface area contributed by atoms with Gasteiger partial charge in [0.2, 0.25) is 11.8 Å². The van der Waals surface area contributed by atoms with Gasteiger partial charge in [0.15, 0.2) is 0 Å². The summed E-state index contributed by atoms with van der Waals surface area (Å²) in [6.45, 7) is -0.106. The smallest absolute Gasteiger partial charge is 0.326 e. The van der Waals surface area contributed by atoms with Crippen LogP contribution >= 0.6 is 0 Å². The molecule has 0 spiro atoms. The van der Waals surface area contributed by atoms with Crippen LogP contribution in [-0.2, 0) is 20.8 Å². The summed E-state index contributed by atoms with van der Waals surface area (Å²) < 4.78 is 27.0. The van der Waals surface area contributed by atoms with Crippen molar-refractivity contribution in [3.8, 4) is 0 Å². The predicted molar refractivity (Wildman–Crippen MR) is 96.5 cm³/mol. The molecule has 0 radical (unpaired) electrons. The number of rotatable bonds is 6. The molecular weight excluding hydrogens is 370 g/mol. The van der Waals surface area contributed by atoms with Crippen molar-refractivity contribution < 1.29 is 28.3 Å². The zero-order valence-corrected chi connectivity index (χ0v) is 14.8. The molecule has 2 aromatic rings. The fourth-order valence-corrected chi connectivity index (χ4v) is 3.16. The molecule has 0 bridgehead atoms. The van der Waals surface area contributed by atoms with E-state index >= 15 is 0 Å². The van der Waals surface area contributed by atoms with Gasteiger partial charge in [-0.3, -0.25) is 9.59 Å². The summed E-state index contributed by atoms with van der Waals surface area (Å²) >= 11 is 0. The van der Waals surface area contributed by atoms with Crippen molar-refractivity contribution in [2.75, 3.05) is 11.4 Å². The molecule has 2 atom stereocenters. The summed E-state index contributed by atoms with van der Waals surface area (Å²) in [5.74, 6) is -4.77. The van der Waals surface area contributed by atoms with Gasteiger partial charge in [-0.25, -0.2) is 13.6 Å². The van der Waals surface area contributed by atoms with Crippen molar-refractivity contribution in [2.45, 2.75) is 18.9 Å². The van der Waals surface area contributed by atoms with Crippen LogP contribution in [0.4, 0.5) is 14.5 Å². The molecule has 3 rings (SSSR count). The summed E-state index contributed by atoms with van der Waals surface area (Å²) in [6, 6.07) is 10.5. The second kappa shape index (κ2) is 8.16. The first-order valence-corrected chi connectivity index (χ1v) is 8.67. The summed E-state index contributed by atoms with van der Waals surface area (Å²) in [5.41, 5.74) is 0.633. The second-order valence-electron chi connectivity index (χ2n) is 6.59. The molecule has 0 aromatic heterocycles. The van der Waals surface area contributed by atoms with Gasteiger partial charge in [-0.15, -0.1) is 0 Å². The van der Waals surface area contributed by atoms with Gasteiger partial charge in [-0.1, -0.05) is 30.3 Å². The van der Waals surface area contributed by atoms with Crippen molar-refractivity contribution in [1.82, 2.24) is 5.32 Å². The molecule has 1 aliphatic rings. The van der Waals surface area contributed by atoms with E-state index in [2.05, 4.69) is 5.32 Å². The minimum atomic E-state index is -1.19. The summed E-state index contributed by atoms with van der Waals surface area (Å²) in [7, 11) is 0. The topological polar surface area (TPSA) is 86.7 Å². The molecule has 2 unspecified atom stereocenters. The number of carboxylic acid groups (broad SMARTS) is 1. The number of benzene rings is 2. The van der Waals surface area contributed by atoms with E-state index in [1.54, 1.807) is 30.3 Å². The first-order valence-electron chi connectivity index (χ1n) is 8.67. The van der Waals surface area contributed by atoms with Gasteiger partial charge in [0, 0.05) is 25.5 Å². The Labute approximate surface area is 159 Å². The number of aliphatic carboxylic acids is 1. The third kappa shape index (κ3) is 4.33. The highest BCUT2D eigenvalue weighted by molar-refractivity contribution is 6.00. The second-order valence-corrected chi connectivity index (χ2v) is 6.59. The third-order valence-electron chi connectivity index (χ3n) is 4.59. The molecule has 2 aromatic carbocycles. The first kappa shape index (κ1) is 19.5. The number of halogens is 2. The lowest BCUT2D eigenvalue weighted by molar-refractivity contribution is -0.142. The molecule has 146 valence electrons. The SMILES string of the molecule is O=C(NC(Cc1ccccc1)C(=O)O)C1CC(=O)N(c2ccc(F)cc2F)C1. The van der Waals surface area contributed by atoms with Crippen LogP contribution in [-0.4, -0.2) is 35.5 Å². The van der Waals surface area contributed by atoms with Crippen molar-refractivity contribution in [2.24, 2.45) is 5.92 Å². The molecule has 0 saturated carbocycles. The molecule has 1 fully saturated rings. The van der Waals surface area contributed by atoms with E-state index in [0.29, 0.717) is 6.07 Å². The maximum Gasteiger partial charge on any atom is 0.326 e. The van der Waals surface area contributed by atoms with Crippen LogP contribution in [0.3, 0.4) is 0 Å². The standard InChI is InChI=1S/C20H18F2N2O4/c21-14-6-7-17(15(22)10-14)24-11-13(9-18(24)25)19(26)23-16(20(27)28)8-12-4-2-1-3-5-12/h1-7,10,13,16H,8-9,11H2,(H,23,26)(H,27,28). The summed E-state index contributed by atoms with van der Waals surface area (Å²) in [6.07, 6.45) is -0.0841. The van der Waals surface area contributed by atoms with E-state index in [1.807, 2.05) is 0 Å². The molecule has 1 saturated heterocycles. The lowest BCUT2D eigenvalue weighted by Gasteiger charge is -2.19. The zero-order chi connectivity index (χ0) is 20.3. The molecule has 28 heavy (non-hydrogen) atoms. The minimum absolute atomic E-state index is 0.0961. The molecule has 1 heterocycles. The van der Waals surface area contributed by atoms with E-state index in [4.69, 9.17) is 0 Å². The number of nitrogens with zero attached hydrogens (tertiary/aromatic N) is 1. The van der Waals surface area contributed by atoms with E-state index < -0.39 is 41.4 Å². The van der Waals surface area contributed by atoms with Crippen LogP contribution < -0.4 is 10.2 Å². The normalized spacial score (nSPS) is 17.4. The third-order valence-corrected chi connectivity index (χ3v) is 4.59. The number of anilines is 1. The lowest BCUT2D eigenvalue weighted by Crippen LogP contribution is -2.45. The zero-order valence-electron chi connectivity index (χ0n) is 14.8. The number of carbonyl (C=O) groups is 3. The van der Waals surface area contributed by atoms with Crippen LogP contribution in [0.5, 0.6) is 0 Å². The van der Waals surface area contributed by atoms with Crippen LogP contribution in [0.1, 0.15) is 12.0 Å². The molecule has 0 aliphatic carbocycles. The van der Waals surface area contributed by atoms with Crippen molar-refractivity contribution in [1.29, 1.82) is 0 Å². The van der Waals surface area contributed by atoms with E-state index in [0.717, 1.165) is 22.6 Å². The Hall–Kier alpha value is -3.29. The summed E-state index contributed by atoms with van der Waals surface area (Å²) in [5, 5.41) is 11.8. The quantitative estimate of drug-likeness (QED) is 0.794. The Morgan fingerprint density at radius 1 is 1.18 bits per heavy atom. The number of carboxylic acids is 1. The molecule has 8 heteroatoms. The monoisotopic (exact) mass is 388 g/mol.